The summed E-state index contributed by atoms with van der Waals surface area (Å²) in [7, 11) is 3.83. The zero-order valence-corrected chi connectivity index (χ0v) is 10.4. The first-order valence-electron chi connectivity index (χ1n) is 4.85. The van der Waals surface area contributed by atoms with Crippen LogP contribution in [-0.2, 0) is 0 Å². The van der Waals surface area contributed by atoms with Crippen molar-refractivity contribution in [2.24, 2.45) is 0 Å². The molecule has 1 aromatic rings. The molecule has 0 unspecified atom stereocenters. The molecule has 0 saturated carbocycles. The van der Waals surface area contributed by atoms with Gasteiger partial charge in [-0.2, -0.15) is 0 Å². The minimum absolute atomic E-state index is 1.04. The predicted octanol–water partition coefficient (Wildman–Crippen LogP) is 2.76. The molecule has 0 saturated heterocycles. The second-order valence-corrected chi connectivity index (χ2v) is 3.59. The van der Waals surface area contributed by atoms with Crippen LogP contribution in [0.2, 0.25) is 0 Å². The van der Waals surface area contributed by atoms with Crippen molar-refractivity contribution in [3.05, 3.63) is 17.2 Å². The van der Waals surface area contributed by atoms with Crippen molar-refractivity contribution in [1.29, 1.82) is 0 Å². The van der Waals surface area contributed by atoms with E-state index in [4.69, 9.17) is 12.2 Å². The van der Waals surface area contributed by atoms with E-state index < -0.39 is 0 Å². The van der Waals surface area contributed by atoms with Crippen molar-refractivity contribution in [2.75, 3.05) is 30.0 Å². The highest BCUT2D eigenvalue weighted by Gasteiger charge is 2.09. The van der Waals surface area contributed by atoms with E-state index in [0.717, 1.165) is 17.1 Å². The SMILES string of the molecule is CNc1cc(NC)c(NC=S)c(C)c1C. The molecule has 0 aromatic heterocycles. The van der Waals surface area contributed by atoms with E-state index in [-0.39, 0.29) is 0 Å². The van der Waals surface area contributed by atoms with Gasteiger partial charge in [-0.25, -0.2) is 0 Å². The summed E-state index contributed by atoms with van der Waals surface area (Å²) in [5.41, 5.74) is 7.18. The number of rotatable bonds is 4. The van der Waals surface area contributed by atoms with Crippen molar-refractivity contribution in [2.45, 2.75) is 13.8 Å². The van der Waals surface area contributed by atoms with Crippen molar-refractivity contribution in [1.82, 2.24) is 0 Å². The minimum atomic E-state index is 1.04. The van der Waals surface area contributed by atoms with Crippen LogP contribution < -0.4 is 16.0 Å². The van der Waals surface area contributed by atoms with Crippen molar-refractivity contribution >= 4 is 34.8 Å². The molecular formula is C11H17N3S. The average molecular weight is 223 g/mol. The molecule has 0 aliphatic rings. The van der Waals surface area contributed by atoms with Gasteiger partial charge in [0.1, 0.15) is 0 Å². The summed E-state index contributed by atoms with van der Waals surface area (Å²) in [4.78, 5) is 0. The number of hydrogen-bond donors (Lipinski definition) is 3. The van der Waals surface area contributed by atoms with Crippen LogP contribution in [0.15, 0.2) is 6.07 Å². The van der Waals surface area contributed by atoms with Gasteiger partial charge in [0.05, 0.1) is 16.9 Å². The number of thiocarbonyl (C=S) groups is 1. The lowest BCUT2D eigenvalue weighted by molar-refractivity contribution is 1.31. The summed E-state index contributed by atoms with van der Waals surface area (Å²) in [6.45, 7) is 4.17. The zero-order valence-electron chi connectivity index (χ0n) is 9.56. The maximum atomic E-state index is 4.83. The fourth-order valence-electron chi connectivity index (χ4n) is 1.62. The molecule has 0 aliphatic heterocycles. The Morgan fingerprint density at radius 2 is 1.67 bits per heavy atom. The fourth-order valence-corrected chi connectivity index (χ4v) is 1.74. The Morgan fingerprint density at radius 3 is 2.13 bits per heavy atom. The van der Waals surface area contributed by atoms with E-state index in [1.165, 1.54) is 16.6 Å². The molecule has 4 heteroatoms. The van der Waals surface area contributed by atoms with E-state index in [1.807, 2.05) is 14.1 Å². The monoisotopic (exact) mass is 223 g/mol. The molecule has 0 heterocycles. The van der Waals surface area contributed by atoms with Gasteiger partial charge in [0.15, 0.2) is 0 Å². The van der Waals surface area contributed by atoms with Crippen molar-refractivity contribution in [3.63, 3.8) is 0 Å². The van der Waals surface area contributed by atoms with E-state index in [0.29, 0.717) is 0 Å². The van der Waals surface area contributed by atoms with E-state index in [1.54, 1.807) is 0 Å². The largest absolute Gasteiger partial charge is 0.388 e. The van der Waals surface area contributed by atoms with Crippen LogP contribution in [0.25, 0.3) is 0 Å². The number of hydrogen-bond acceptors (Lipinski definition) is 3. The van der Waals surface area contributed by atoms with Crippen LogP contribution in [0.4, 0.5) is 17.1 Å². The van der Waals surface area contributed by atoms with E-state index >= 15 is 0 Å². The molecule has 82 valence electrons. The van der Waals surface area contributed by atoms with Gasteiger partial charge in [-0.1, -0.05) is 12.2 Å². The van der Waals surface area contributed by atoms with Gasteiger partial charge >= 0.3 is 0 Å². The molecule has 0 amide bonds. The van der Waals surface area contributed by atoms with Crippen molar-refractivity contribution < 1.29 is 0 Å². The Balaban J connectivity index is 3.36. The quantitative estimate of drug-likeness (QED) is 0.686. The Kier molecular flexibility index (Phi) is 3.91. The summed E-state index contributed by atoms with van der Waals surface area (Å²) < 4.78 is 0. The molecule has 3 nitrogen and oxygen atoms in total. The number of anilines is 3. The van der Waals surface area contributed by atoms with E-state index in [2.05, 4.69) is 35.9 Å². The lowest BCUT2D eigenvalue weighted by Gasteiger charge is -2.17. The molecule has 0 bridgehead atoms. The van der Waals surface area contributed by atoms with Gasteiger partial charge in [-0.05, 0) is 31.0 Å². The lowest BCUT2D eigenvalue weighted by Crippen LogP contribution is -2.05. The van der Waals surface area contributed by atoms with Gasteiger partial charge in [-0.3, -0.25) is 0 Å². The Bertz CT molecular complexity index is 375. The van der Waals surface area contributed by atoms with Gasteiger partial charge in [-0.15, -0.1) is 0 Å². The third kappa shape index (κ3) is 2.21. The Labute approximate surface area is 96.3 Å². The molecule has 0 atom stereocenters. The van der Waals surface area contributed by atoms with Crippen LogP contribution in [0.3, 0.4) is 0 Å². The summed E-state index contributed by atoms with van der Waals surface area (Å²) in [6.07, 6.45) is 0. The maximum absolute atomic E-state index is 4.83. The smallest absolute Gasteiger partial charge is 0.0659 e. The van der Waals surface area contributed by atoms with E-state index in [9.17, 15) is 0 Å². The van der Waals surface area contributed by atoms with Crippen LogP contribution >= 0.6 is 12.2 Å². The summed E-state index contributed by atoms with van der Waals surface area (Å²) in [5.74, 6) is 0. The van der Waals surface area contributed by atoms with Crippen LogP contribution in [0.5, 0.6) is 0 Å². The van der Waals surface area contributed by atoms with Crippen LogP contribution in [-0.4, -0.2) is 19.6 Å². The molecule has 1 rings (SSSR count). The summed E-state index contributed by atoms with van der Waals surface area (Å²) >= 11 is 4.83. The molecule has 0 radical (unpaired) electrons. The molecule has 1 aromatic carbocycles. The van der Waals surface area contributed by atoms with Gasteiger partial charge < -0.3 is 16.0 Å². The Hall–Kier alpha value is -1.29. The molecule has 15 heavy (non-hydrogen) atoms. The van der Waals surface area contributed by atoms with Crippen molar-refractivity contribution in [3.8, 4) is 0 Å². The summed E-state index contributed by atoms with van der Waals surface area (Å²) in [6, 6.07) is 2.07. The molecule has 0 spiro atoms. The van der Waals surface area contributed by atoms with Gasteiger partial charge in [0.25, 0.3) is 0 Å². The second kappa shape index (κ2) is 4.98. The number of benzene rings is 1. The first-order valence-corrected chi connectivity index (χ1v) is 5.32. The third-order valence-electron chi connectivity index (χ3n) is 2.64. The zero-order chi connectivity index (χ0) is 11.4. The third-order valence-corrected chi connectivity index (χ3v) is 2.76. The Morgan fingerprint density at radius 1 is 1.07 bits per heavy atom. The lowest BCUT2D eigenvalue weighted by atomic mass is 10.0. The van der Waals surface area contributed by atoms with Gasteiger partial charge in [0.2, 0.25) is 0 Å². The van der Waals surface area contributed by atoms with Crippen LogP contribution in [0.1, 0.15) is 11.1 Å². The summed E-state index contributed by atoms with van der Waals surface area (Å²) in [5, 5.41) is 9.42. The first-order chi connectivity index (χ1) is 7.15. The topological polar surface area (TPSA) is 36.1 Å². The molecule has 3 N–H and O–H groups in total. The normalized spacial score (nSPS) is 9.60. The second-order valence-electron chi connectivity index (χ2n) is 3.36. The average Bonchev–Trinajstić information content (AvgIpc) is 2.25. The standard InChI is InChI=1S/C11H17N3S/c1-7-8(2)11(14-6-15)10(13-4)5-9(7)12-3/h5-6,12-13H,1-4H3,(H,14,15). The minimum Gasteiger partial charge on any atom is -0.388 e. The highest BCUT2D eigenvalue weighted by molar-refractivity contribution is 7.79. The highest BCUT2D eigenvalue weighted by Crippen LogP contribution is 2.33. The van der Waals surface area contributed by atoms with Gasteiger partial charge in [0, 0.05) is 19.8 Å². The highest BCUT2D eigenvalue weighted by atomic mass is 32.1. The van der Waals surface area contributed by atoms with Crippen LogP contribution in [0, 0.1) is 13.8 Å². The fraction of sp³-hybridized carbons (Fsp3) is 0.364. The molecule has 0 aliphatic carbocycles. The number of nitrogens with one attached hydrogen (secondary N) is 3. The maximum Gasteiger partial charge on any atom is 0.0659 e. The first kappa shape index (κ1) is 11.8. The molecule has 0 fully saturated rings. The predicted molar refractivity (Wildman–Crippen MR) is 72.3 cm³/mol. The molecular weight excluding hydrogens is 206 g/mol.